The summed E-state index contributed by atoms with van der Waals surface area (Å²) >= 11 is 0. The third-order valence-corrected chi connectivity index (χ3v) is 15.7. The van der Waals surface area contributed by atoms with Gasteiger partial charge in [-0.1, -0.05) is 170 Å². The first-order chi connectivity index (χ1) is 21.3. The lowest BCUT2D eigenvalue weighted by Gasteiger charge is -2.46. The van der Waals surface area contributed by atoms with Crippen LogP contribution in [-0.4, -0.2) is 5.03 Å². The van der Waals surface area contributed by atoms with Crippen LogP contribution in [0.4, 0.5) is 11.4 Å². The largest absolute Gasteiger partial charge is 0.651 e. The molecule has 0 saturated carbocycles. The number of nitrogens with zero attached hydrogens (tertiary/aromatic N) is 3. The lowest BCUT2D eigenvalue weighted by molar-refractivity contribution is 1.55. The molecule has 0 atom stereocenters. The van der Waals surface area contributed by atoms with Gasteiger partial charge in [-0.2, -0.15) is 5.26 Å². The highest BCUT2D eigenvalue weighted by molar-refractivity contribution is 8.12. The number of hydrogen-bond acceptors (Lipinski definition) is 2. The second-order valence-corrected chi connectivity index (χ2v) is 16.2. The maximum Gasteiger partial charge on any atom is 0.101 e. The van der Waals surface area contributed by atoms with Crippen molar-refractivity contribution in [3.05, 3.63) is 187 Å². The standard InChI is InChI=1S/C38H30N3P2/c39-31-38(42(34-23-11-3-12-24-34,35-25-13-4-14-26-35)40-32-19-7-1-8-20-32)43(36-27-15-5-16-28-36,37-29-17-6-18-30-37)41-33-21-9-2-10-22-33/h1-30H/q-1. The quantitative estimate of drug-likeness (QED) is 0.163. The number of rotatable bonds is 8. The van der Waals surface area contributed by atoms with Crippen molar-refractivity contribution in [1.29, 1.82) is 5.26 Å². The molecule has 0 aromatic heterocycles. The first-order valence-electron chi connectivity index (χ1n) is 14.1. The second-order valence-electron chi connectivity index (χ2n) is 9.92. The molecule has 208 valence electrons. The molecule has 0 aliphatic carbocycles. The molecule has 0 heterocycles. The van der Waals surface area contributed by atoms with Crippen molar-refractivity contribution in [3.63, 3.8) is 0 Å². The van der Waals surface area contributed by atoms with Crippen LogP contribution in [0, 0.1) is 11.3 Å². The first-order valence-corrected chi connectivity index (χ1v) is 17.6. The van der Waals surface area contributed by atoms with Crippen LogP contribution in [0.2, 0.25) is 0 Å². The second kappa shape index (κ2) is 13.0. The zero-order valence-electron chi connectivity index (χ0n) is 23.6. The third-order valence-electron chi connectivity index (χ3n) is 7.28. The number of hydrogen-bond donors (Lipinski definition) is 0. The van der Waals surface area contributed by atoms with E-state index in [2.05, 4.69) is 54.6 Å². The molecule has 5 heteroatoms. The molecule has 0 N–H and O–H groups in total. The molecule has 6 aromatic carbocycles. The van der Waals surface area contributed by atoms with Crippen molar-refractivity contribution in [2.45, 2.75) is 0 Å². The van der Waals surface area contributed by atoms with Crippen molar-refractivity contribution >= 4 is 51.7 Å². The Labute approximate surface area is 254 Å². The first kappa shape index (κ1) is 28.3. The van der Waals surface area contributed by atoms with Crippen molar-refractivity contribution in [1.82, 2.24) is 0 Å². The Bertz CT molecular complexity index is 1850. The van der Waals surface area contributed by atoms with Gasteiger partial charge < -0.3 is 5.09 Å². The van der Waals surface area contributed by atoms with E-state index < -0.39 is 14.1 Å². The molecule has 0 saturated heterocycles. The molecule has 0 spiro atoms. The molecule has 0 fully saturated rings. The van der Waals surface area contributed by atoms with Crippen LogP contribution in [0.5, 0.6) is 0 Å². The molecular formula is C38H30N3P2-. The Hall–Kier alpha value is -4.86. The van der Waals surface area contributed by atoms with Gasteiger partial charge in [-0.3, -0.25) is 4.74 Å². The van der Waals surface area contributed by atoms with Gasteiger partial charge in [0.1, 0.15) is 6.07 Å². The average Bonchev–Trinajstić information content (AvgIpc) is 3.10. The highest BCUT2D eigenvalue weighted by Crippen LogP contribution is 2.66. The summed E-state index contributed by atoms with van der Waals surface area (Å²) in [5.74, 6) is 0. The maximum absolute atomic E-state index is 11.6. The minimum Gasteiger partial charge on any atom is -0.651 e. The smallest absolute Gasteiger partial charge is 0.101 e. The topological polar surface area (TPSA) is 50.2 Å². The Morgan fingerprint density at radius 1 is 0.465 bits per heavy atom. The molecular weight excluding hydrogens is 560 g/mol. The van der Waals surface area contributed by atoms with Gasteiger partial charge in [0, 0.05) is 10.6 Å². The molecule has 0 aliphatic rings. The van der Waals surface area contributed by atoms with E-state index in [9.17, 15) is 5.26 Å². The fraction of sp³-hybridized carbons (Fsp3) is 0. The van der Waals surface area contributed by atoms with Crippen LogP contribution in [-0.2, 0) is 0 Å². The number of nitriles is 1. The van der Waals surface area contributed by atoms with Gasteiger partial charge in [-0.05, 0) is 22.7 Å². The Morgan fingerprint density at radius 3 is 1.21 bits per heavy atom. The van der Waals surface area contributed by atoms with Gasteiger partial charge in [0.15, 0.2) is 0 Å². The lowest BCUT2D eigenvalue weighted by atomic mass is 10.3. The molecule has 6 rings (SSSR count). The van der Waals surface area contributed by atoms with E-state index in [1.165, 1.54) is 0 Å². The Kier molecular flexibility index (Phi) is 8.53. The highest BCUT2D eigenvalue weighted by atomic mass is 31.2. The summed E-state index contributed by atoms with van der Waals surface area (Å²) in [5, 5.41) is 22.1. The molecule has 0 unspecified atom stereocenters. The van der Waals surface area contributed by atoms with Gasteiger partial charge in [0.25, 0.3) is 0 Å². The molecule has 3 nitrogen and oxygen atoms in total. The van der Waals surface area contributed by atoms with E-state index in [4.69, 9.17) is 9.83 Å². The molecule has 6 aromatic rings. The van der Waals surface area contributed by atoms with Gasteiger partial charge >= 0.3 is 0 Å². The summed E-state index contributed by atoms with van der Waals surface area (Å²) in [6, 6.07) is 64.3. The summed E-state index contributed by atoms with van der Waals surface area (Å²) in [6.45, 7) is 0. The monoisotopic (exact) mass is 590 g/mol. The fourth-order valence-electron chi connectivity index (χ4n) is 5.38. The zero-order chi connectivity index (χ0) is 29.4. The maximum atomic E-state index is 11.6. The Balaban J connectivity index is 1.92. The summed E-state index contributed by atoms with van der Waals surface area (Å²) < 4.78 is 5.68. The van der Waals surface area contributed by atoms with Crippen molar-refractivity contribution < 1.29 is 0 Å². The zero-order valence-corrected chi connectivity index (χ0v) is 25.3. The van der Waals surface area contributed by atoms with Crippen LogP contribution in [0.3, 0.4) is 0 Å². The minimum absolute atomic E-state index is 0.697. The van der Waals surface area contributed by atoms with E-state index >= 15 is 0 Å². The van der Waals surface area contributed by atoms with E-state index in [0.717, 1.165) is 32.6 Å². The van der Waals surface area contributed by atoms with Gasteiger partial charge in [0.05, 0.1) is 17.8 Å². The van der Waals surface area contributed by atoms with E-state index in [1.807, 2.05) is 133 Å². The molecule has 0 aliphatic heterocycles. The predicted octanol–water partition coefficient (Wildman–Crippen LogP) is 9.11. The highest BCUT2D eigenvalue weighted by Gasteiger charge is 2.35. The summed E-state index contributed by atoms with van der Waals surface area (Å²) in [7, 11) is -5.97. The normalized spacial score (nSPS) is 11.2. The van der Waals surface area contributed by atoms with E-state index in [1.54, 1.807) is 0 Å². The Morgan fingerprint density at radius 2 is 0.814 bits per heavy atom. The van der Waals surface area contributed by atoms with Gasteiger partial charge in [-0.15, -0.1) is 12.7 Å². The summed E-state index contributed by atoms with van der Waals surface area (Å²) in [4.78, 5) is 0. The van der Waals surface area contributed by atoms with Crippen molar-refractivity contribution in [2.75, 3.05) is 0 Å². The average molecular weight is 591 g/mol. The van der Waals surface area contributed by atoms with Gasteiger partial charge in [0.2, 0.25) is 0 Å². The van der Waals surface area contributed by atoms with Crippen molar-refractivity contribution in [3.8, 4) is 6.07 Å². The molecule has 0 amide bonds. The molecule has 0 radical (unpaired) electrons. The van der Waals surface area contributed by atoms with E-state index in [-0.39, 0.29) is 0 Å². The van der Waals surface area contributed by atoms with Crippen molar-refractivity contribution in [2.24, 2.45) is 4.74 Å². The number of benzene rings is 6. The summed E-state index contributed by atoms with van der Waals surface area (Å²) in [6.07, 6.45) is 0. The molecule has 0 bridgehead atoms. The van der Waals surface area contributed by atoms with Crippen LogP contribution in [0.1, 0.15) is 0 Å². The van der Waals surface area contributed by atoms with E-state index in [0.29, 0.717) is 5.03 Å². The van der Waals surface area contributed by atoms with Gasteiger partial charge in [-0.25, -0.2) is 0 Å². The van der Waals surface area contributed by atoms with Crippen LogP contribution in [0.25, 0.3) is 5.09 Å². The third kappa shape index (κ3) is 5.52. The van der Waals surface area contributed by atoms with Crippen LogP contribution >= 0.6 is 14.1 Å². The lowest BCUT2D eigenvalue weighted by Crippen LogP contribution is -2.28. The van der Waals surface area contributed by atoms with Crippen LogP contribution < -0.4 is 21.2 Å². The SMILES string of the molecule is N#CC(P(=Nc1ccccc1)(c1ccccc1)c1ccccc1)=P([N-]c1ccccc1)(c1ccccc1)c1ccccc1. The fourth-order valence-corrected chi connectivity index (χ4v) is 14.6. The molecule has 43 heavy (non-hydrogen) atoms. The summed E-state index contributed by atoms with van der Waals surface area (Å²) in [5.41, 5.74) is 1.66. The van der Waals surface area contributed by atoms with Crippen LogP contribution in [0.15, 0.2) is 187 Å². The minimum atomic E-state index is -2.99. The predicted molar refractivity (Wildman–Crippen MR) is 187 cm³/mol.